The van der Waals surface area contributed by atoms with E-state index in [2.05, 4.69) is 20.9 Å². The Morgan fingerprint density at radius 2 is 2.31 bits per heavy atom. The Bertz CT molecular complexity index is 306. The van der Waals surface area contributed by atoms with E-state index in [1.165, 1.54) is 0 Å². The van der Waals surface area contributed by atoms with E-state index in [0.717, 1.165) is 10.0 Å². The van der Waals surface area contributed by atoms with Gasteiger partial charge in [0.05, 0.1) is 5.75 Å². The van der Waals surface area contributed by atoms with Gasteiger partial charge in [-0.2, -0.15) is 0 Å². The molecule has 0 amide bonds. The number of nitrogens with zero attached hydrogens (tertiary/aromatic N) is 1. The van der Waals surface area contributed by atoms with Crippen molar-refractivity contribution in [3.8, 4) is 0 Å². The Morgan fingerprint density at radius 1 is 1.54 bits per heavy atom. The molecule has 0 saturated heterocycles. The normalized spacial score (nSPS) is 12.8. The SMILES string of the molecule is NCCS(=O)Cc1cncc(Br)c1. The molecule has 5 heteroatoms. The molecule has 0 bridgehead atoms. The molecule has 1 aromatic rings. The van der Waals surface area contributed by atoms with E-state index < -0.39 is 10.8 Å². The van der Waals surface area contributed by atoms with Gasteiger partial charge in [0.25, 0.3) is 0 Å². The fraction of sp³-hybridized carbons (Fsp3) is 0.375. The van der Waals surface area contributed by atoms with Gasteiger partial charge in [-0.15, -0.1) is 0 Å². The predicted molar refractivity (Wildman–Crippen MR) is 57.7 cm³/mol. The van der Waals surface area contributed by atoms with Crippen molar-refractivity contribution >= 4 is 26.7 Å². The topological polar surface area (TPSA) is 56.0 Å². The van der Waals surface area contributed by atoms with Crippen LogP contribution in [0.5, 0.6) is 0 Å². The lowest BCUT2D eigenvalue weighted by atomic mass is 10.3. The van der Waals surface area contributed by atoms with Crippen molar-refractivity contribution in [1.82, 2.24) is 4.98 Å². The minimum Gasteiger partial charge on any atom is -0.330 e. The van der Waals surface area contributed by atoms with Crippen molar-refractivity contribution in [3.05, 3.63) is 28.5 Å². The molecular formula is C8H11BrN2OS. The number of aromatic nitrogens is 1. The van der Waals surface area contributed by atoms with Crippen LogP contribution in [-0.4, -0.2) is 21.5 Å². The van der Waals surface area contributed by atoms with Crippen molar-refractivity contribution in [3.63, 3.8) is 0 Å². The molecule has 13 heavy (non-hydrogen) atoms. The second-order valence-corrected chi connectivity index (χ2v) is 5.08. The molecule has 1 unspecified atom stereocenters. The molecule has 1 rings (SSSR count). The van der Waals surface area contributed by atoms with Crippen molar-refractivity contribution in [2.45, 2.75) is 5.75 Å². The molecule has 0 aliphatic carbocycles. The zero-order chi connectivity index (χ0) is 9.68. The summed E-state index contributed by atoms with van der Waals surface area (Å²) in [5.74, 6) is 1.08. The maximum atomic E-state index is 11.3. The second-order valence-electron chi connectivity index (χ2n) is 2.59. The summed E-state index contributed by atoms with van der Waals surface area (Å²) in [4.78, 5) is 3.98. The Hall–Kier alpha value is -0.260. The first-order chi connectivity index (χ1) is 6.22. The van der Waals surface area contributed by atoms with Crippen LogP contribution in [0, 0.1) is 0 Å². The van der Waals surface area contributed by atoms with Crippen LogP contribution in [0.4, 0.5) is 0 Å². The molecule has 1 heterocycles. The summed E-state index contributed by atoms with van der Waals surface area (Å²) in [7, 11) is -0.865. The average Bonchev–Trinajstić information content (AvgIpc) is 2.04. The van der Waals surface area contributed by atoms with E-state index in [1.807, 2.05) is 6.07 Å². The summed E-state index contributed by atoms with van der Waals surface area (Å²) in [5.41, 5.74) is 6.27. The van der Waals surface area contributed by atoms with Gasteiger partial charge in [0.15, 0.2) is 0 Å². The first-order valence-electron chi connectivity index (χ1n) is 3.87. The minimum absolute atomic E-state index is 0.466. The highest BCUT2D eigenvalue weighted by Crippen LogP contribution is 2.10. The first-order valence-corrected chi connectivity index (χ1v) is 6.15. The summed E-state index contributed by atoms with van der Waals surface area (Å²) in [6.07, 6.45) is 3.43. The van der Waals surface area contributed by atoms with Crippen molar-refractivity contribution in [2.24, 2.45) is 5.73 Å². The van der Waals surface area contributed by atoms with Gasteiger partial charge in [-0.25, -0.2) is 0 Å². The minimum atomic E-state index is -0.865. The molecule has 1 aromatic heterocycles. The molecule has 0 aromatic carbocycles. The summed E-state index contributed by atoms with van der Waals surface area (Å²) in [6.45, 7) is 0.466. The molecule has 0 fully saturated rings. The fourth-order valence-corrected chi connectivity index (χ4v) is 2.27. The highest BCUT2D eigenvalue weighted by Gasteiger charge is 2.01. The molecule has 72 valence electrons. The van der Waals surface area contributed by atoms with Gasteiger partial charge in [-0.05, 0) is 27.6 Å². The fourth-order valence-electron chi connectivity index (χ4n) is 0.924. The lowest BCUT2D eigenvalue weighted by molar-refractivity contribution is 0.682. The Balaban J connectivity index is 2.58. The third-order valence-electron chi connectivity index (χ3n) is 1.43. The summed E-state index contributed by atoms with van der Waals surface area (Å²) in [5, 5.41) is 0. The van der Waals surface area contributed by atoms with Crippen LogP contribution in [0.3, 0.4) is 0 Å². The van der Waals surface area contributed by atoms with E-state index in [0.29, 0.717) is 18.1 Å². The van der Waals surface area contributed by atoms with Crippen molar-refractivity contribution in [2.75, 3.05) is 12.3 Å². The number of rotatable bonds is 4. The molecule has 1 atom stereocenters. The summed E-state index contributed by atoms with van der Waals surface area (Å²) < 4.78 is 12.2. The lowest BCUT2D eigenvalue weighted by Gasteiger charge is -2.00. The quantitative estimate of drug-likeness (QED) is 0.883. The van der Waals surface area contributed by atoms with E-state index in [1.54, 1.807) is 12.4 Å². The average molecular weight is 263 g/mol. The maximum Gasteiger partial charge on any atom is 0.0501 e. The molecule has 2 N–H and O–H groups in total. The largest absolute Gasteiger partial charge is 0.330 e. The van der Waals surface area contributed by atoms with E-state index >= 15 is 0 Å². The van der Waals surface area contributed by atoms with Crippen molar-refractivity contribution in [1.29, 1.82) is 0 Å². The lowest BCUT2D eigenvalue weighted by Crippen LogP contribution is -2.11. The number of pyridine rings is 1. The van der Waals surface area contributed by atoms with Crippen LogP contribution in [-0.2, 0) is 16.6 Å². The van der Waals surface area contributed by atoms with Crippen LogP contribution in [0.15, 0.2) is 22.9 Å². The standard InChI is InChI=1S/C8H11BrN2OS/c9-8-3-7(4-11-5-8)6-13(12)2-1-10/h3-5H,1-2,6,10H2. The molecular weight excluding hydrogens is 252 g/mol. The molecule has 0 radical (unpaired) electrons. The van der Waals surface area contributed by atoms with Gasteiger partial charge < -0.3 is 5.73 Å². The monoisotopic (exact) mass is 262 g/mol. The van der Waals surface area contributed by atoms with Crippen LogP contribution in [0.25, 0.3) is 0 Å². The van der Waals surface area contributed by atoms with E-state index in [4.69, 9.17) is 5.73 Å². The third-order valence-corrected chi connectivity index (χ3v) is 3.21. The van der Waals surface area contributed by atoms with Gasteiger partial charge in [-0.1, -0.05) is 0 Å². The van der Waals surface area contributed by atoms with Gasteiger partial charge in [0.2, 0.25) is 0 Å². The van der Waals surface area contributed by atoms with E-state index in [-0.39, 0.29) is 0 Å². The molecule has 0 aliphatic rings. The maximum absolute atomic E-state index is 11.3. The number of hydrogen-bond acceptors (Lipinski definition) is 3. The predicted octanol–water partition coefficient (Wildman–Crippen LogP) is 1.05. The molecule has 0 saturated carbocycles. The van der Waals surface area contributed by atoms with Gasteiger partial charge >= 0.3 is 0 Å². The Kier molecular flexibility index (Phi) is 4.55. The smallest absolute Gasteiger partial charge is 0.0501 e. The number of hydrogen-bond donors (Lipinski definition) is 1. The van der Waals surface area contributed by atoms with Crippen LogP contribution >= 0.6 is 15.9 Å². The Morgan fingerprint density at radius 3 is 2.92 bits per heavy atom. The summed E-state index contributed by atoms with van der Waals surface area (Å²) in [6, 6.07) is 1.92. The van der Waals surface area contributed by atoms with E-state index in [9.17, 15) is 4.21 Å². The third kappa shape index (κ3) is 3.97. The zero-order valence-corrected chi connectivity index (χ0v) is 9.47. The van der Waals surface area contributed by atoms with Gasteiger partial charge in [0, 0.05) is 40.0 Å². The molecule has 3 nitrogen and oxygen atoms in total. The second kappa shape index (κ2) is 5.47. The summed E-state index contributed by atoms with van der Waals surface area (Å²) >= 11 is 3.30. The number of halogens is 1. The highest BCUT2D eigenvalue weighted by atomic mass is 79.9. The van der Waals surface area contributed by atoms with Crippen LogP contribution < -0.4 is 5.73 Å². The van der Waals surface area contributed by atoms with Crippen LogP contribution in [0.2, 0.25) is 0 Å². The molecule has 0 spiro atoms. The van der Waals surface area contributed by atoms with Gasteiger partial charge in [0.1, 0.15) is 0 Å². The number of nitrogens with two attached hydrogens (primary N) is 1. The van der Waals surface area contributed by atoms with Crippen molar-refractivity contribution < 1.29 is 4.21 Å². The first kappa shape index (κ1) is 10.8. The van der Waals surface area contributed by atoms with Gasteiger partial charge in [-0.3, -0.25) is 9.19 Å². The van der Waals surface area contributed by atoms with Crippen LogP contribution in [0.1, 0.15) is 5.56 Å². The molecule has 0 aliphatic heterocycles. The highest BCUT2D eigenvalue weighted by molar-refractivity contribution is 9.10. The Labute approximate surface area is 88.3 Å². The zero-order valence-electron chi connectivity index (χ0n) is 7.07.